The average molecular weight is 531 g/mol. The molecular formula is C30H46N2O6. The first-order valence-electron chi connectivity index (χ1n) is 13.8. The van der Waals surface area contributed by atoms with Gasteiger partial charge in [0, 0.05) is 26.2 Å². The zero-order valence-corrected chi connectivity index (χ0v) is 23.0. The minimum Gasteiger partial charge on any atom is -0.392 e. The summed E-state index contributed by atoms with van der Waals surface area (Å²) in [6.07, 6.45) is -1.12. The minimum absolute atomic E-state index is 0.165. The van der Waals surface area contributed by atoms with Gasteiger partial charge >= 0.3 is 0 Å². The summed E-state index contributed by atoms with van der Waals surface area (Å²) < 4.78 is 23.7. The van der Waals surface area contributed by atoms with Crippen molar-refractivity contribution in [3.8, 4) is 0 Å². The van der Waals surface area contributed by atoms with Crippen LogP contribution in [0.5, 0.6) is 0 Å². The second kappa shape index (κ2) is 17.7. The number of ether oxygens (including phenoxy) is 4. The molecule has 8 heteroatoms. The molecule has 3 rings (SSSR count). The third kappa shape index (κ3) is 11.1. The largest absolute Gasteiger partial charge is 0.392 e. The lowest BCUT2D eigenvalue weighted by Gasteiger charge is -2.34. The van der Waals surface area contributed by atoms with E-state index in [9.17, 15) is 10.2 Å². The number of rotatable bonds is 6. The number of aliphatic hydroxyl groups is 2. The van der Waals surface area contributed by atoms with E-state index < -0.39 is 12.2 Å². The second-order valence-electron chi connectivity index (χ2n) is 9.90. The lowest BCUT2D eigenvalue weighted by molar-refractivity contribution is -0.0518. The Bertz CT molecular complexity index is 783. The van der Waals surface area contributed by atoms with E-state index in [0.29, 0.717) is 79.0 Å². The van der Waals surface area contributed by atoms with Crippen molar-refractivity contribution in [3.63, 3.8) is 0 Å². The van der Waals surface area contributed by atoms with Gasteiger partial charge in [0.05, 0.1) is 77.1 Å². The van der Waals surface area contributed by atoms with Crippen LogP contribution in [-0.4, -0.2) is 110 Å². The van der Waals surface area contributed by atoms with Crippen LogP contribution in [0.2, 0.25) is 0 Å². The summed E-state index contributed by atoms with van der Waals surface area (Å²) in [4.78, 5) is 4.44. The normalized spacial score (nSPS) is 24.2. The van der Waals surface area contributed by atoms with Crippen molar-refractivity contribution in [2.75, 3.05) is 65.9 Å². The molecule has 1 fully saturated rings. The third-order valence-corrected chi connectivity index (χ3v) is 6.88. The lowest BCUT2D eigenvalue weighted by atomic mass is 10.1. The monoisotopic (exact) mass is 530 g/mol. The smallest absolute Gasteiger partial charge is 0.0701 e. The zero-order valence-electron chi connectivity index (χ0n) is 23.0. The van der Waals surface area contributed by atoms with E-state index in [1.165, 1.54) is 11.1 Å². The first kappa shape index (κ1) is 30.7. The summed E-state index contributed by atoms with van der Waals surface area (Å²) in [5.41, 5.74) is 2.35. The fourth-order valence-electron chi connectivity index (χ4n) is 4.67. The number of nitrogens with zero attached hydrogens (tertiary/aromatic N) is 2. The molecule has 0 bridgehead atoms. The topological polar surface area (TPSA) is 83.9 Å². The standard InChI is InChI=1S/C30H46N2O6/c1-25(33)29-23-37-19-17-36-16-14-32(22-28-11-7-4-8-12-28)30(26(2)34)24-38-20-18-35-15-13-31(29)21-27-9-5-3-6-10-27/h3-12,25-26,29-30,33-34H,13-24H2,1-2H3/t25-,26-,29?,30?/m1/s1. The highest BCUT2D eigenvalue weighted by atomic mass is 16.5. The van der Waals surface area contributed by atoms with Crippen LogP contribution in [0, 0.1) is 0 Å². The number of benzene rings is 2. The summed E-state index contributed by atoms with van der Waals surface area (Å²) in [6.45, 7) is 9.98. The molecular weight excluding hydrogens is 484 g/mol. The Kier molecular flexibility index (Phi) is 14.2. The Morgan fingerprint density at radius 2 is 0.974 bits per heavy atom. The van der Waals surface area contributed by atoms with Crippen molar-refractivity contribution in [2.45, 2.75) is 51.2 Å². The van der Waals surface area contributed by atoms with Crippen molar-refractivity contribution >= 4 is 0 Å². The van der Waals surface area contributed by atoms with Crippen molar-refractivity contribution in [3.05, 3.63) is 71.8 Å². The minimum atomic E-state index is -0.558. The number of hydrogen-bond acceptors (Lipinski definition) is 8. The Labute approximate surface area is 228 Å². The van der Waals surface area contributed by atoms with Crippen LogP contribution in [0.15, 0.2) is 60.7 Å². The van der Waals surface area contributed by atoms with Gasteiger partial charge in [-0.2, -0.15) is 0 Å². The first-order valence-corrected chi connectivity index (χ1v) is 13.8. The molecule has 0 aromatic heterocycles. The molecule has 2 aromatic carbocycles. The predicted molar refractivity (Wildman–Crippen MR) is 148 cm³/mol. The maximum atomic E-state index is 10.6. The maximum absolute atomic E-state index is 10.6. The van der Waals surface area contributed by atoms with E-state index in [0.717, 1.165) is 0 Å². The van der Waals surface area contributed by atoms with E-state index in [1.807, 2.05) is 50.2 Å². The maximum Gasteiger partial charge on any atom is 0.0701 e. The highest BCUT2D eigenvalue weighted by Gasteiger charge is 2.25. The van der Waals surface area contributed by atoms with Crippen LogP contribution < -0.4 is 0 Å². The summed E-state index contributed by atoms with van der Waals surface area (Å²) in [5.74, 6) is 0. The average Bonchev–Trinajstić information content (AvgIpc) is 2.91. The van der Waals surface area contributed by atoms with Crippen LogP contribution in [0.3, 0.4) is 0 Å². The molecule has 212 valence electrons. The molecule has 1 aliphatic rings. The molecule has 1 saturated heterocycles. The molecule has 38 heavy (non-hydrogen) atoms. The Morgan fingerprint density at radius 1 is 0.605 bits per heavy atom. The van der Waals surface area contributed by atoms with Gasteiger partial charge in [0.25, 0.3) is 0 Å². The molecule has 0 radical (unpaired) electrons. The van der Waals surface area contributed by atoms with Crippen molar-refractivity contribution in [1.82, 2.24) is 9.80 Å². The fraction of sp³-hybridized carbons (Fsp3) is 0.600. The molecule has 0 amide bonds. The molecule has 0 saturated carbocycles. The van der Waals surface area contributed by atoms with Gasteiger partial charge in [-0.15, -0.1) is 0 Å². The summed E-state index contributed by atoms with van der Waals surface area (Å²) >= 11 is 0. The molecule has 0 aliphatic carbocycles. The van der Waals surface area contributed by atoms with Crippen LogP contribution in [-0.2, 0) is 32.0 Å². The van der Waals surface area contributed by atoms with Gasteiger partial charge in [0.1, 0.15) is 0 Å². The van der Waals surface area contributed by atoms with Crippen molar-refractivity contribution in [2.24, 2.45) is 0 Å². The molecule has 4 atom stereocenters. The molecule has 2 aromatic rings. The van der Waals surface area contributed by atoms with Gasteiger partial charge in [0.15, 0.2) is 0 Å². The van der Waals surface area contributed by atoms with E-state index in [1.54, 1.807) is 0 Å². The highest BCUT2D eigenvalue weighted by Crippen LogP contribution is 2.14. The molecule has 2 unspecified atom stereocenters. The Balaban J connectivity index is 1.62. The SMILES string of the molecule is C[C@@H](O)C1COCCOCCN(Cc2ccccc2)C([C@@H](C)O)COCCOCCN1Cc1ccccc1. The van der Waals surface area contributed by atoms with E-state index in [-0.39, 0.29) is 12.1 Å². The fourth-order valence-corrected chi connectivity index (χ4v) is 4.67. The van der Waals surface area contributed by atoms with Gasteiger partial charge in [-0.05, 0) is 25.0 Å². The van der Waals surface area contributed by atoms with E-state index >= 15 is 0 Å². The summed E-state index contributed by atoms with van der Waals surface area (Å²) in [6, 6.07) is 20.1. The van der Waals surface area contributed by atoms with Crippen LogP contribution in [0.25, 0.3) is 0 Å². The molecule has 0 spiro atoms. The predicted octanol–water partition coefficient (Wildman–Crippen LogP) is 2.57. The number of hydrogen-bond donors (Lipinski definition) is 2. The van der Waals surface area contributed by atoms with Crippen LogP contribution in [0.4, 0.5) is 0 Å². The Hall–Kier alpha value is -1.88. The van der Waals surface area contributed by atoms with Gasteiger partial charge in [-0.1, -0.05) is 60.7 Å². The first-order chi connectivity index (χ1) is 18.5. The summed E-state index contributed by atoms with van der Waals surface area (Å²) in [7, 11) is 0. The van der Waals surface area contributed by atoms with Crippen molar-refractivity contribution in [1.29, 1.82) is 0 Å². The van der Waals surface area contributed by atoms with Crippen LogP contribution in [0.1, 0.15) is 25.0 Å². The summed E-state index contributed by atoms with van der Waals surface area (Å²) in [5, 5.41) is 21.1. The lowest BCUT2D eigenvalue weighted by Crippen LogP contribution is -2.47. The van der Waals surface area contributed by atoms with Gasteiger partial charge in [-0.3, -0.25) is 9.80 Å². The van der Waals surface area contributed by atoms with E-state index in [2.05, 4.69) is 34.1 Å². The van der Waals surface area contributed by atoms with Crippen LogP contribution >= 0.6 is 0 Å². The number of aliphatic hydroxyl groups excluding tert-OH is 2. The van der Waals surface area contributed by atoms with Crippen molar-refractivity contribution < 1.29 is 29.2 Å². The highest BCUT2D eigenvalue weighted by molar-refractivity contribution is 5.15. The quantitative estimate of drug-likeness (QED) is 0.590. The molecule has 1 heterocycles. The van der Waals surface area contributed by atoms with Gasteiger partial charge < -0.3 is 29.2 Å². The van der Waals surface area contributed by atoms with E-state index in [4.69, 9.17) is 18.9 Å². The molecule has 8 nitrogen and oxygen atoms in total. The van der Waals surface area contributed by atoms with Gasteiger partial charge in [-0.25, -0.2) is 0 Å². The second-order valence-corrected chi connectivity index (χ2v) is 9.90. The third-order valence-electron chi connectivity index (χ3n) is 6.88. The Morgan fingerprint density at radius 3 is 1.34 bits per heavy atom. The zero-order chi connectivity index (χ0) is 27.0. The molecule has 1 aliphatic heterocycles. The van der Waals surface area contributed by atoms with Gasteiger partial charge in [0.2, 0.25) is 0 Å². The molecule has 2 N–H and O–H groups in total.